The van der Waals surface area contributed by atoms with Crippen LogP contribution in [0.2, 0.25) is 0 Å². The molecule has 0 aromatic carbocycles. The third-order valence-electron chi connectivity index (χ3n) is 1.85. The summed E-state index contributed by atoms with van der Waals surface area (Å²) in [5.74, 6) is -0.00782. The van der Waals surface area contributed by atoms with Crippen LogP contribution in [0, 0.1) is 10.1 Å². The first-order valence-corrected chi connectivity index (χ1v) is 4.20. The smallest absolute Gasteiger partial charge is 0.350 e. The van der Waals surface area contributed by atoms with Gasteiger partial charge in [0.1, 0.15) is 19.0 Å². The van der Waals surface area contributed by atoms with E-state index in [-0.39, 0.29) is 17.7 Å². The highest BCUT2D eigenvalue weighted by Gasteiger charge is 2.29. The molecule has 0 saturated heterocycles. The molecule has 0 bridgehead atoms. The van der Waals surface area contributed by atoms with E-state index in [1.54, 1.807) is 0 Å². The van der Waals surface area contributed by atoms with Gasteiger partial charge in [-0.3, -0.25) is 10.1 Å². The fourth-order valence-corrected chi connectivity index (χ4v) is 1.02. The Labute approximate surface area is 79.1 Å². The topological polar surface area (TPSA) is 90.4 Å². The average molecular weight is 199 g/mol. The van der Waals surface area contributed by atoms with Crippen molar-refractivity contribution in [2.45, 2.75) is 25.7 Å². The van der Waals surface area contributed by atoms with E-state index in [1.165, 1.54) is 0 Å². The first-order chi connectivity index (χ1) is 6.70. The van der Waals surface area contributed by atoms with Crippen LogP contribution >= 0.6 is 0 Å². The maximum Gasteiger partial charge on any atom is 0.350 e. The van der Waals surface area contributed by atoms with Crippen molar-refractivity contribution in [1.29, 1.82) is 0 Å². The first-order valence-electron chi connectivity index (χ1n) is 4.20. The van der Waals surface area contributed by atoms with Crippen LogP contribution < -0.4 is 4.74 Å². The van der Waals surface area contributed by atoms with Gasteiger partial charge in [-0.2, -0.15) is 0 Å². The van der Waals surface area contributed by atoms with Crippen molar-refractivity contribution < 1.29 is 14.8 Å². The third-order valence-corrected chi connectivity index (χ3v) is 1.85. The summed E-state index contributed by atoms with van der Waals surface area (Å²) in [5, 5.41) is 23.0. The molecule has 1 saturated carbocycles. The second kappa shape index (κ2) is 3.26. The number of nitro groups is 1. The van der Waals surface area contributed by atoms with E-state index in [0.29, 0.717) is 0 Å². The van der Waals surface area contributed by atoms with Gasteiger partial charge in [0.15, 0.2) is 0 Å². The molecule has 0 aliphatic heterocycles. The monoisotopic (exact) mass is 199 g/mol. The van der Waals surface area contributed by atoms with Gasteiger partial charge in [-0.15, -0.1) is 5.10 Å². The highest BCUT2D eigenvalue weighted by molar-refractivity contribution is 5.38. The fourth-order valence-electron chi connectivity index (χ4n) is 1.02. The summed E-state index contributed by atoms with van der Waals surface area (Å²) in [5.41, 5.74) is -0.203. The van der Waals surface area contributed by atoms with Crippen LogP contribution in [-0.4, -0.2) is 25.9 Å². The van der Waals surface area contributed by atoms with E-state index in [2.05, 4.69) is 5.10 Å². The van der Waals surface area contributed by atoms with Crippen LogP contribution in [0.4, 0.5) is 5.69 Å². The number of ether oxygens (including phenoxy) is 1. The lowest BCUT2D eigenvalue weighted by atomic mass is 10.5. The number of hydrogen-bond donors (Lipinski definition) is 1. The van der Waals surface area contributed by atoms with Gasteiger partial charge in [-0.25, -0.2) is 4.68 Å². The standard InChI is InChI=1S/C7H9N3O4/c11-4-9-3-6(10(12)13)7(8-9)14-5-1-2-5/h3,5,11H,1-2,4H2. The van der Waals surface area contributed by atoms with Crippen LogP contribution in [0.15, 0.2) is 6.20 Å². The second-order valence-electron chi connectivity index (χ2n) is 3.07. The molecule has 14 heavy (non-hydrogen) atoms. The van der Waals surface area contributed by atoms with E-state index < -0.39 is 11.7 Å². The van der Waals surface area contributed by atoms with Crippen molar-refractivity contribution in [2.75, 3.05) is 0 Å². The Morgan fingerprint density at radius 3 is 3.00 bits per heavy atom. The van der Waals surface area contributed by atoms with Crippen LogP contribution in [0.5, 0.6) is 5.88 Å². The van der Waals surface area contributed by atoms with E-state index in [1.807, 2.05) is 0 Å². The summed E-state index contributed by atoms with van der Waals surface area (Å²) in [4.78, 5) is 9.97. The minimum Gasteiger partial charge on any atom is -0.468 e. The molecule has 0 spiro atoms. The quantitative estimate of drug-likeness (QED) is 0.555. The highest BCUT2D eigenvalue weighted by atomic mass is 16.6. The Morgan fingerprint density at radius 1 is 1.79 bits per heavy atom. The molecule has 76 valence electrons. The summed E-state index contributed by atoms with van der Waals surface area (Å²) in [7, 11) is 0. The molecule has 1 N–H and O–H groups in total. The number of aliphatic hydroxyl groups excluding tert-OH is 1. The Morgan fingerprint density at radius 2 is 2.50 bits per heavy atom. The molecule has 1 aromatic heterocycles. The maximum absolute atomic E-state index is 10.5. The minimum atomic E-state index is -0.573. The largest absolute Gasteiger partial charge is 0.468 e. The third kappa shape index (κ3) is 1.67. The molecule has 1 aliphatic carbocycles. The van der Waals surface area contributed by atoms with Gasteiger partial charge < -0.3 is 9.84 Å². The maximum atomic E-state index is 10.5. The summed E-state index contributed by atoms with van der Waals surface area (Å²) >= 11 is 0. The molecule has 7 heteroatoms. The average Bonchev–Trinajstić information content (AvgIpc) is 2.83. The van der Waals surface area contributed by atoms with E-state index in [9.17, 15) is 10.1 Å². The van der Waals surface area contributed by atoms with Crippen molar-refractivity contribution >= 4 is 5.69 Å². The molecular weight excluding hydrogens is 190 g/mol. The van der Waals surface area contributed by atoms with Gasteiger partial charge >= 0.3 is 11.6 Å². The van der Waals surface area contributed by atoms with Crippen molar-refractivity contribution in [3.05, 3.63) is 16.3 Å². The fraction of sp³-hybridized carbons (Fsp3) is 0.571. The zero-order valence-electron chi connectivity index (χ0n) is 7.29. The van der Waals surface area contributed by atoms with E-state index in [4.69, 9.17) is 9.84 Å². The second-order valence-corrected chi connectivity index (χ2v) is 3.07. The summed E-state index contributed by atoms with van der Waals surface area (Å²) in [6, 6.07) is 0. The zero-order chi connectivity index (χ0) is 10.1. The van der Waals surface area contributed by atoms with Crippen LogP contribution in [0.25, 0.3) is 0 Å². The molecule has 1 aliphatic rings. The van der Waals surface area contributed by atoms with Crippen LogP contribution in [-0.2, 0) is 6.73 Å². The lowest BCUT2D eigenvalue weighted by molar-refractivity contribution is -0.386. The normalized spacial score (nSPS) is 15.5. The number of rotatable bonds is 4. The molecule has 2 rings (SSSR count). The summed E-state index contributed by atoms with van der Waals surface area (Å²) in [6.45, 7) is -0.394. The van der Waals surface area contributed by atoms with Crippen molar-refractivity contribution in [3.63, 3.8) is 0 Å². The number of aliphatic hydroxyl groups is 1. The molecule has 0 amide bonds. The Balaban J connectivity index is 2.24. The van der Waals surface area contributed by atoms with E-state index in [0.717, 1.165) is 23.7 Å². The number of aromatic nitrogens is 2. The Bertz CT molecular complexity index is 358. The van der Waals surface area contributed by atoms with Crippen molar-refractivity contribution in [3.8, 4) is 5.88 Å². The Kier molecular flexibility index (Phi) is 2.08. The van der Waals surface area contributed by atoms with Gasteiger partial charge in [0, 0.05) is 0 Å². The van der Waals surface area contributed by atoms with Crippen LogP contribution in [0.1, 0.15) is 12.8 Å². The molecule has 0 radical (unpaired) electrons. The SMILES string of the molecule is O=[N+]([O-])c1cn(CO)nc1OC1CC1. The summed E-state index contributed by atoms with van der Waals surface area (Å²) < 4.78 is 6.28. The number of nitrogens with zero attached hydrogens (tertiary/aromatic N) is 3. The predicted octanol–water partition coefficient (Wildman–Crippen LogP) is 0.282. The van der Waals surface area contributed by atoms with Gasteiger partial charge in [0.2, 0.25) is 0 Å². The predicted molar refractivity (Wildman–Crippen MR) is 44.8 cm³/mol. The lowest BCUT2D eigenvalue weighted by Crippen LogP contribution is -2.01. The molecule has 1 aromatic rings. The minimum absolute atomic E-state index is 0.00782. The van der Waals surface area contributed by atoms with Gasteiger partial charge in [0.25, 0.3) is 0 Å². The van der Waals surface area contributed by atoms with Crippen molar-refractivity contribution in [2.24, 2.45) is 0 Å². The molecule has 1 fully saturated rings. The molecule has 7 nitrogen and oxygen atoms in total. The summed E-state index contributed by atoms with van der Waals surface area (Å²) in [6.07, 6.45) is 3.01. The van der Waals surface area contributed by atoms with Crippen LogP contribution in [0.3, 0.4) is 0 Å². The van der Waals surface area contributed by atoms with Gasteiger partial charge in [0.05, 0.1) is 4.92 Å². The molecule has 1 heterocycles. The zero-order valence-corrected chi connectivity index (χ0v) is 7.29. The highest BCUT2D eigenvalue weighted by Crippen LogP contribution is 2.31. The first kappa shape index (κ1) is 8.95. The van der Waals surface area contributed by atoms with Gasteiger partial charge in [-0.1, -0.05) is 0 Å². The molecular formula is C7H9N3O4. The number of hydrogen-bond acceptors (Lipinski definition) is 5. The lowest BCUT2D eigenvalue weighted by Gasteiger charge is -1.97. The van der Waals surface area contributed by atoms with Gasteiger partial charge in [-0.05, 0) is 12.8 Å². The van der Waals surface area contributed by atoms with E-state index >= 15 is 0 Å². The molecule has 0 atom stereocenters. The molecule has 0 unspecified atom stereocenters. The Hall–Kier alpha value is -1.63. The van der Waals surface area contributed by atoms with Crippen molar-refractivity contribution in [1.82, 2.24) is 9.78 Å².